The van der Waals surface area contributed by atoms with Gasteiger partial charge in [0.15, 0.2) is 0 Å². The van der Waals surface area contributed by atoms with Gasteiger partial charge in [-0.1, -0.05) is 12.1 Å². The van der Waals surface area contributed by atoms with Gasteiger partial charge < -0.3 is 15.5 Å². The molecule has 148 valence electrons. The summed E-state index contributed by atoms with van der Waals surface area (Å²) >= 11 is 0. The van der Waals surface area contributed by atoms with Crippen molar-refractivity contribution in [3.8, 4) is 0 Å². The Morgan fingerprint density at radius 2 is 1.82 bits per heavy atom. The molecule has 0 spiro atoms. The van der Waals surface area contributed by atoms with Crippen LogP contribution in [0.5, 0.6) is 0 Å². The Labute approximate surface area is 163 Å². The topological polar surface area (TPSA) is 77.6 Å². The standard InChI is InChI=1S/C20H24FN5O2/c1-25-9-11-26(12-10-25)18(15-4-6-16(21)7-5-15)14-23-19(27)20(28)24-17-3-2-8-22-13-17/h2-8,13,18H,9-12,14H2,1H3,(H,23,27)(H,24,28)/t18-/m0/s1. The Kier molecular flexibility index (Phi) is 6.67. The van der Waals surface area contributed by atoms with Crippen LogP contribution in [0.4, 0.5) is 10.1 Å². The third-order valence-corrected chi connectivity index (χ3v) is 4.82. The van der Waals surface area contributed by atoms with Crippen molar-refractivity contribution in [1.82, 2.24) is 20.1 Å². The van der Waals surface area contributed by atoms with Crippen LogP contribution in [-0.4, -0.2) is 66.4 Å². The minimum atomic E-state index is -0.746. The lowest BCUT2D eigenvalue weighted by atomic mass is 10.0. The molecule has 0 aliphatic carbocycles. The van der Waals surface area contributed by atoms with Crippen LogP contribution in [0.25, 0.3) is 0 Å². The van der Waals surface area contributed by atoms with Crippen LogP contribution in [-0.2, 0) is 9.59 Å². The van der Waals surface area contributed by atoms with Crippen LogP contribution in [0, 0.1) is 5.82 Å². The van der Waals surface area contributed by atoms with Gasteiger partial charge in [-0.3, -0.25) is 19.5 Å². The monoisotopic (exact) mass is 385 g/mol. The van der Waals surface area contributed by atoms with Crippen molar-refractivity contribution in [2.24, 2.45) is 0 Å². The van der Waals surface area contributed by atoms with Crippen molar-refractivity contribution >= 4 is 17.5 Å². The maximum Gasteiger partial charge on any atom is 0.313 e. The Balaban J connectivity index is 1.64. The molecule has 0 saturated carbocycles. The largest absolute Gasteiger partial charge is 0.346 e. The van der Waals surface area contributed by atoms with Crippen molar-refractivity contribution in [2.45, 2.75) is 6.04 Å². The summed E-state index contributed by atoms with van der Waals surface area (Å²) in [6, 6.07) is 9.46. The summed E-state index contributed by atoms with van der Waals surface area (Å²) in [5.74, 6) is -1.77. The van der Waals surface area contributed by atoms with Gasteiger partial charge in [0.05, 0.1) is 17.9 Å². The number of amides is 2. The second-order valence-corrected chi connectivity index (χ2v) is 6.81. The highest BCUT2D eigenvalue weighted by Gasteiger charge is 2.25. The predicted octanol–water partition coefficient (Wildman–Crippen LogP) is 1.26. The van der Waals surface area contributed by atoms with E-state index in [0.717, 1.165) is 31.7 Å². The quantitative estimate of drug-likeness (QED) is 0.758. The number of piperazine rings is 1. The first-order chi connectivity index (χ1) is 13.5. The molecule has 7 nitrogen and oxygen atoms in total. The molecule has 2 heterocycles. The third-order valence-electron chi connectivity index (χ3n) is 4.82. The molecule has 1 aromatic carbocycles. The van der Waals surface area contributed by atoms with E-state index in [4.69, 9.17) is 0 Å². The van der Waals surface area contributed by atoms with Crippen molar-refractivity contribution < 1.29 is 14.0 Å². The second kappa shape index (κ2) is 9.38. The van der Waals surface area contributed by atoms with E-state index in [9.17, 15) is 14.0 Å². The minimum Gasteiger partial charge on any atom is -0.346 e. The average molecular weight is 385 g/mol. The van der Waals surface area contributed by atoms with Crippen molar-refractivity contribution in [1.29, 1.82) is 0 Å². The van der Waals surface area contributed by atoms with E-state index in [1.807, 2.05) is 0 Å². The number of pyridine rings is 1. The Morgan fingerprint density at radius 3 is 2.46 bits per heavy atom. The predicted molar refractivity (Wildman–Crippen MR) is 104 cm³/mol. The summed E-state index contributed by atoms with van der Waals surface area (Å²) in [7, 11) is 2.06. The van der Waals surface area contributed by atoms with Gasteiger partial charge in [-0.25, -0.2) is 4.39 Å². The SMILES string of the molecule is CN1CCN([C@@H](CNC(=O)C(=O)Nc2cccnc2)c2ccc(F)cc2)CC1. The molecular formula is C20H24FN5O2. The number of halogens is 1. The average Bonchev–Trinajstić information content (AvgIpc) is 2.71. The smallest absolute Gasteiger partial charge is 0.313 e. The lowest BCUT2D eigenvalue weighted by Crippen LogP contribution is -2.49. The zero-order chi connectivity index (χ0) is 19.9. The lowest BCUT2D eigenvalue weighted by molar-refractivity contribution is -0.136. The van der Waals surface area contributed by atoms with Crippen LogP contribution in [0.3, 0.4) is 0 Å². The molecule has 1 atom stereocenters. The first kappa shape index (κ1) is 19.9. The summed E-state index contributed by atoms with van der Waals surface area (Å²) in [5.41, 5.74) is 1.36. The molecule has 2 N–H and O–H groups in total. The van der Waals surface area contributed by atoms with Crippen molar-refractivity contribution in [2.75, 3.05) is 45.1 Å². The number of hydrogen-bond donors (Lipinski definition) is 2. The lowest BCUT2D eigenvalue weighted by Gasteiger charge is -2.38. The van der Waals surface area contributed by atoms with Crippen LogP contribution >= 0.6 is 0 Å². The van der Waals surface area contributed by atoms with Crippen LogP contribution in [0.2, 0.25) is 0 Å². The van der Waals surface area contributed by atoms with E-state index in [2.05, 4.69) is 32.5 Å². The molecule has 1 saturated heterocycles. The number of carbonyl (C=O) groups is 2. The fourth-order valence-electron chi connectivity index (χ4n) is 3.17. The third kappa shape index (κ3) is 5.34. The second-order valence-electron chi connectivity index (χ2n) is 6.81. The molecular weight excluding hydrogens is 361 g/mol. The number of nitrogens with one attached hydrogen (secondary N) is 2. The molecule has 1 aliphatic heterocycles. The highest BCUT2D eigenvalue weighted by atomic mass is 19.1. The maximum absolute atomic E-state index is 13.3. The molecule has 1 fully saturated rings. The first-order valence-corrected chi connectivity index (χ1v) is 9.20. The number of benzene rings is 1. The summed E-state index contributed by atoms with van der Waals surface area (Å²) in [4.78, 5) is 32.7. The van der Waals surface area contributed by atoms with Crippen molar-refractivity contribution in [3.63, 3.8) is 0 Å². The minimum absolute atomic E-state index is 0.135. The maximum atomic E-state index is 13.3. The van der Waals surface area contributed by atoms with E-state index >= 15 is 0 Å². The van der Waals surface area contributed by atoms with Crippen LogP contribution < -0.4 is 10.6 Å². The number of nitrogens with zero attached hydrogens (tertiary/aromatic N) is 3. The van der Waals surface area contributed by atoms with Gasteiger partial charge in [0.25, 0.3) is 0 Å². The Bertz CT molecular complexity index is 792. The summed E-state index contributed by atoms with van der Waals surface area (Å²) < 4.78 is 13.3. The number of anilines is 1. The number of rotatable bonds is 5. The molecule has 0 bridgehead atoms. The molecule has 2 amide bonds. The van der Waals surface area contributed by atoms with E-state index in [-0.39, 0.29) is 18.4 Å². The summed E-state index contributed by atoms with van der Waals surface area (Å²) in [5, 5.41) is 5.22. The molecule has 1 aromatic heterocycles. The van der Waals surface area contributed by atoms with Gasteiger partial charge in [-0.05, 0) is 36.9 Å². The van der Waals surface area contributed by atoms with Gasteiger partial charge in [0.1, 0.15) is 5.82 Å². The Morgan fingerprint density at radius 1 is 1.11 bits per heavy atom. The number of aromatic nitrogens is 1. The molecule has 8 heteroatoms. The molecule has 2 aromatic rings. The van der Waals surface area contributed by atoms with Gasteiger partial charge in [-0.2, -0.15) is 0 Å². The number of likely N-dealkylation sites (N-methyl/N-ethyl adjacent to an activating group) is 1. The zero-order valence-corrected chi connectivity index (χ0v) is 15.8. The zero-order valence-electron chi connectivity index (χ0n) is 15.8. The Hall–Kier alpha value is -2.84. The van der Waals surface area contributed by atoms with E-state index in [0.29, 0.717) is 5.69 Å². The normalized spacial score (nSPS) is 16.4. The van der Waals surface area contributed by atoms with Gasteiger partial charge >= 0.3 is 11.8 Å². The first-order valence-electron chi connectivity index (χ1n) is 9.20. The number of hydrogen-bond acceptors (Lipinski definition) is 5. The molecule has 0 unspecified atom stereocenters. The van der Waals surface area contributed by atoms with Crippen LogP contribution in [0.15, 0.2) is 48.8 Å². The van der Waals surface area contributed by atoms with Crippen molar-refractivity contribution in [3.05, 3.63) is 60.2 Å². The molecule has 1 aliphatic rings. The summed E-state index contributed by atoms with van der Waals surface area (Å²) in [6.45, 7) is 3.74. The van der Waals surface area contributed by atoms with Gasteiger partial charge in [0, 0.05) is 38.9 Å². The fourth-order valence-corrected chi connectivity index (χ4v) is 3.17. The molecule has 3 rings (SSSR count). The van der Waals surface area contributed by atoms with E-state index < -0.39 is 11.8 Å². The highest BCUT2D eigenvalue weighted by Crippen LogP contribution is 2.22. The van der Waals surface area contributed by atoms with E-state index in [1.54, 1.807) is 30.5 Å². The van der Waals surface area contributed by atoms with Gasteiger partial charge in [-0.15, -0.1) is 0 Å². The van der Waals surface area contributed by atoms with Gasteiger partial charge in [0.2, 0.25) is 0 Å². The van der Waals surface area contributed by atoms with E-state index in [1.165, 1.54) is 18.3 Å². The summed E-state index contributed by atoms with van der Waals surface area (Å²) in [6.07, 6.45) is 3.05. The molecule has 28 heavy (non-hydrogen) atoms. The highest BCUT2D eigenvalue weighted by molar-refractivity contribution is 6.39. The number of carbonyl (C=O) groups excluding carboxylic acids is 2. The molecule has 0 radical (unpaired) electrons. The fraction of sp³-hybridized carbons (Fsp3) is 0.350. The van der Waals surface area contributed by atoms with Crippen LogP contribution in [0.1, 0.15) is 11.6 Å².